The van der Waals surface area contributed by atoms with Crippen LogP contribution in [0.5, 0.6) is 5.75 Å². The quantitative estimate of drug-likeness (QED) is 0.602. The van der Waals surface area contributed by atoms with Gasteiger partial charge in [0.1, 0.15) is 5.75 Å². The normalized spacial score (nSPS) is 15.8. The van der Waals surface area contributed by atoms with Gasteiger partial charge in [0.05, 0.1) is 18.1 Å². The van der Waals surface area contributed by atoms with Crippen molar-refractivity contribution in [3.8, 4) is 5.75 Å². The number of nitrogens with zero attached hydrogens (tertiary/aromatic N) is 1. The summed E-state index contributed by atoms with van der Waals surface area (Å²) in [6.45, 7) is 2.61. The average molecular weight is 408 g/mol. The summed E-state index contributed by atoms with van der Waals surface area (Å²) in [6, 6.07) is 12.3. The molecule has 26 heavy (non-hydrogen) atoms. The average Bonchev–Trinajstić information content (AvgIpc) is 2.86. The van der Waals surface area contributed by atoms with Crippen LogP contribution in [0.3, 0.4) is 0 Å². The van der Waals surface area contributed by atoms with Gasteiger partial charge in [0.2, 0.25) is 0 Å². The number of hydrogen-bond donors (Lipinski definition) is 0. The van der Waals surface area contributed by atoms with Gasteiger partial charge in [-0.15, -0.1) is 0 Å². The van der Waals surface area contributed by atoms with Crippen molar-refractivity contribution in [1.29, 1.82) is 0 Å². The minimum atomic E-state index is -0.333. The molecule has 0 saturated carbocycles. The Labute approximate surface area is 165 Å². The molecule has 0 N–H and O–H groups in total. The first-order valence-electron chi connectivity index (χ1n) is 7.90. The molecule has 7 heteroatoms. The molecular weight excluding hydrogens is 393 g/mol. The monoisotopic (exact) mass is 407 g/mol. The molecular formula is C19H15Cl2NO3S. The maximum Gasteiger partial charge on any atom is 0.293 e. The molecule has 0 aliphatic carbocycles. The third kappa shape index (κ3) is 4.23. The van der Waals surface area contributed by atoms with Crippen LogP contribution in [0.1, 0.15) is 18.1 Å². The smallest absolute Gasteiger partial charge is 0.293 e. The van der Waals surface area contributed by atoms with Crippen LogP contribution in [0.4, 0.5) is 4.79 Å². The topological polar surface area (TPSA) is 46.6 Å². The van der Waals surface area contributed by atoms with Crippen molar-refractivity contribution in [2.24, 2.45) is 0 Å². The molecule has 1 heterocycles. The van der Waals surface area contributed by atoms with Gasteiger partial charge >= 0.3 is 0 Å². The Morgan fingerprint density at radius 2 is 1.85 bits per heavy atom. The predicted octanol–water partition coefficient (Wildman–Crippen LogP) is 5.63. The van der Waals surface area contributed by atoms with Crippen molar-refractivity contribution < 1.29 is 14.3 Å². The molecule has 0 bridgehead atoms. The second-order valence-corrected chi connectivity index (χ2v) is 7.34. The Balaban J connectivity index is 1.77. The lowest BCUT2D eigenvalue weighted by molar-refractivity contribution is -0.123. The number of benzene rings is 2. The summed E-state index contributed by atoms with van der Waals surface area (Å²) < 4.78 is 5.39. The van der Waals surface area contributed by atoms with Crippen LogP contribution in [-0.2, 0) is 11.3 Å². The zero-order chi connectivity index (χ0) is 18.7. The van der Waals surface area contributed by atoms with Crippen LogP contribution < -0.4 is 4.74 Å². The van der Waals surface area contributed by atoms with Gasteiger partial charge in [0.25, 0.3) is 11.1 Å². The number of hydrogen-bond acceptors (Lipinski definition) is 4. The summed E-state index contributed by atoms with van der Waals surface area (Å²) in [6.07, 6.45) is 1.70. The Kier molecular flexibility index (Phi) is 5.91. The van der Waals surface area contributed by atoms with E-state index in [1.165, 1.54) is 4.90 Å². The number of ether oxygens (including phenoxy) is 1. The second kappa shape index (κ2) is 8.16. The van der Waals surface area contributed by atoms with Gasteiger partial charge in [-0.1, -0.05) is 41.4 Å². The van der Waals surface area contributed by atoms with E-state index < -0.39 is 0 Å². The summed E-state index contributed by atoms with van der Waals surface area (Å²) in [5.41, 5.74) is 1.49. The highest BCUT2D eigenvalue weighted by Crippen LogP contribution is 2.34. The number of thioether (sulfide) groups is 1. The molecule has 0 aromatic heterocycles. The van der Waals surface area contributed by atoms with Crippen molar-refractivity contribution in [2.45, 2.75) is 13.5 Å². The fraction of sp³-hybridized carbons (Fsp3) is 0.158. The van der Waals surface area contributed by atoms with Crippen molar-refractivity contribution in [1.82, 2.24) is 4.90 Å². The van der Waals surface area contributed by atoms with Crippen molar-refractivity contribution in [3.05, 3.63) is 68.5 Å². The first kappa shape index (κ1) is 18.8. The summed E-state index contributed by atoms with van der Waals surface area (Å²) in [5.74, 6) is 0.426. The lowest BCUT2D eigenvalue weighted by Crippen LogP contribution is -2.27. The van der Waals surface area contributed by atoms with Crippen molar-refractivity contribution in [3.63, 3.8) is 0 Å². The second-order valence-electron chi connectivity index (χ2n) is 5.51. The molecule has 2 amide bonds. The highest BCUT2D eigenvalue weighted by Gasteiger charge is 2.35. The molecule has 0 spiro atoms. The molecule has 1 fully saturated rings. The minimum absolute atomic E-state index is 0.112. The van der Waals surface area contributed by atoms with E-state index in [4.69, 9.17) is 27.9 Å². The molecule has 0 unspecified atom stereocenters. The lowest BCUT2D eigenvalue weighted by atomic mass is 10.2. The zero-order valence-corrected chi connectivity index (χ0v) is 16.2. The highest BCUT2D eigenvalue weighted by atomic mass is 35.5. The number of halogens is 2. The van der Waals surface area contributed by atoms with Crippen LogP contribution in [0.25, 0.3) is 6.08 Å². The van der Waals surface area contributed by atoms with Gasteiger partial charge in [0.15, 0.2) is 0 Å². The molecule has 4 nitrogen and oxygen atoms in total. The Hall–Kier alpha value is -1.95. The van der Waals surface area contributed by atoms with E-state index in [-0.39, 0.29) is 17.7 Å². The molecule has 0 atom stereocenters. The van der Waals surface area contributed by atoms with Gasteiger partial charge < -0.3 is 4.74 Å². The van der Waals surface area contributed by atoms with E-state index in [9.17, 15) is 9.59 Å². The third-order valence-corrected chi connectivity index (χ3v) is 5.20. The Morgan fingerprint density at radius 3 is 2.50 bits per heavy atom. The maximum absolute atomic E-state index is 12.6. The molecule has 1 aliphatic rings. The number of carbonyl (C=O) groups is 2. The standard InChI is InChI=1S/C19H15Cl2NO3S/c1-2-25-15-7-3-12(4-8-15)9-17-18(23)22(19(24)26-17)11-13-5-6-14(20)10-16(13)21/h3-10H,2,11H2,1H3/b17-9+. The van der Waals surface area contributed by atoms with E-state index in [2.05, 4.69) is 0 Å². The van der Waals surface area contributed by atoms with Gasteiger partial charge in [-0.3, -0.25) is 14.5 Å². The first-order valence-corrected chi connectivity index (χ1v) is 9.47. The number of carbonyl (C=O) groups excluding carboxylic acids is 2. The Morgan fingerprint density at radius 1 is 1.12 bits per heavy atom. The fourth-order valence-corrected chi connectivity index (χ4v) is 3.74. The van der Waals surface area contributed by atoms with E-state index in [1.54, 1.807) is 24.3 Å². The molecule has 0 radical (unpaired) electrons. The van der Waals surface area contributed by atoms with Gasteiger partial charge in [-0.2, -0.15) is 0 Å². The SMILES string of the molecule is CCOc1ccc(/C=C2/SC(=O)N(Cc3ccc(Cl)cc3Cl)C2=O)cc1. The van der Waals surface area contributed by atoms with Crippen LogP contribution in [0.2, 0.25) is 10.0 Å². The fourth-order valence-electron chi connectivity index (χ4n) is 2.43. The number of rotatable bonds is 5. The lowest BCUT2D eigenvalue weighted by Gasteiger charge is -2.13. The van der Waals surface area contributed by atoms with Crippen molar-refractivity contribution >= 4 is 52.2 Å². The largest absolute Gasteiger partial charge is 0.494 e. The van der Waals surface area contributed by atoms with E-state index in [1.807, 2.05) is 31.2 Å². The predicted molar refractivity (Wildman–Crippen MR) is 106 cm³/mol. The summed E-state index contributed by atoms with van der Waals surface area (Å²) in [7, 11) is 0. The highest BCUT2D eigenvalue weighted by molar-refractivity contribution is 8.18. The Bertz CT molecular complexity index is 881. The molecule has 134 valence electrons. The zero-order valence-electron chi connectivity index (χ0n) is 13.9. The minimum Gasteiger partial charge on any atom is -0.494 e. The number of amides is 2. The summed E-state index contributed by atoms with van der Waals surface area (Å²) >= 11 is 12.9. The third-order valence-electron chi connectivity index (χ3n) is 3.71. The molecule has 1 saturated heterocycles. The van der Waals surface area contributed by atoms with Crippen LogP contribution in [-0.4, -0.2) is 22.7 Å². The van der Waals surface area contributed by atoms with Crippen LogP contribution in [0, 0.1) is 0 Å². The molecule has 2 aromatic carbocycles. The maximum atomic E-state index is 12.6. The van der Waals surface area contributed by atoms with Gasteiger partial charge in [-0.05, 0) is 60.2 Å². The van der Waals surface area contributed by atoms with Gasteiger partial charge in [-0.25, -0.2) is 0 Å². The van der Waals surface area contributed by atoms with Crippen LogP contribution in [0.15, 0.2) is 47.4 Å². The molecule has 3 rings (SSSR count). The molecule has 1 aliphatic heterocycles. The summed E-state index contributed by atoms with van der Waals surface area (Å²) in [5, 5.41) is 0.605. The van der Waals surface area contributed by atoms with Gasteiger partial charge in [0, 0.05) is 10.0 Å². The first-order chi connectivity index (χ1) is 12.5. The summed E-state index contributed by atoms with van der Waals surface area (Å²) in [4.78, 5) is 26.4. The molecule has 2 aromatic rings. The number of imide groups is 1. The van der Waals surface area contributed by atoms with Crippen LogP contribution >= 0.6 is 35.0 Å². The van der Waals surface area contributed by atoms with E-state index >= 15 is 0 Å². The van der Waals surface area contributed by atoms with Crippen molar-refractivity contribution in [2.75, 3.05) is 6.61 Å². The van der Waals surface area contributed by atoms with E-state index in [0.717, 1.165) is 23.1 Å². The van der Waals surface area contributed by atoms with E-state index in [0.29, 0.717) is 27.1 Å².